The Kier molecular flexibility index (Phi) is 3.47. The van der Waals surface area contributed by atoms with Gasteiger partial charge in [0, 0.05) is 18.3 Å². The highest BCUT2D eigenvalue weighted by atomic mass is 16.3. The highest BCUT2D eigenvalue weighted by molar-refractivity contribution is 5.40. The quantitative estimate of drug-likeness (QED) is 0.688. The smallest absolute Gasteiger partial charge is 0.222 e. The average molecular weight is 210 g/mol. The first-order valence-corrected chi connectivity index (χ1v) is 5.00. The Balaban J connectivity index is 2.65. The van der Waals surface area contributed by atoms with E-state index in [1.807, 2.05) is 13.8 Å². The van der Waals surface area contributed by atoms with E-state index in [1.165, 1.54) is 0 Å². The van der Waals surface area contributed by atoms with Crippen LogP contribution in [0.5, 0.6) is 0 Å². The summed E-state index contributed by atoms with van der Waals surface area (Å²) in [5.74, 6) is 0.891. The Labute approximate surface area is 89.7 Å². The first kappa shape index (κ1) is 11.7. The first-order valence-electron chi connectivity index (χ1n) is 5.00. The third-order valence-corrected chi connectivity index (χ3v) is 2.28. The monoisotopic (exact) mass is 210 g/mol. The number of aliphatic hydroxyl groups is 1. The third kappa shape index (κ3) is 3.71. The molecule has 0 aromatic carbocycles. The summed E-state index contributed by atoms with van der Waals surface area (Å²) in [6, 6.07) is 1.79. The number of anilines is 2. The van der Waals surface area contributed by atoms with Crippen LogP contribution < -0.4 is 11.1 Å². The van der Waals surface area contributed by atoms with Crippen molar-refractivity contribution in [3.05, 3.63) is 11.8 Å². The minimum absolute atomic E-state index is 0.244. The molecular weight excluding hydrogens is 192 g/mol. The van der Waals surface area contributed by atoms with Crippen molar-refractivity contribution >= 4 is 11.8 Å². The molecule has 1 aromatic rings. The zero-order valence-electron chi connectivity index (χ0n) is 9.41. The molecular formula is C10H18N4O. The summed E-state index contributed by atoms with van der Waals surface area (Å²) in [6.45, 7) is 6.00. The second kappa shape index (κ2) is 4.44. The lowest BCUT2D eigenvalue weighted by Crippen LogP contribution is -2.32. The maximum atomic E-state index is 9.79. The van der Waals surface area contributed by atoms with E-state index in [-0.39, 0.29) is 5.95 Å². The fraction of sp³-hybridized carbons (Fsp3) is 0.600. The van der Waals surface area contributed by atoms with Crippen molar-refractivity contribution < 1.29 is 5.11 Å². The van der Waals surface area contributed by atoms with Gasteiger partial charge in [-0.25, -0.2) is 4.98 Å². The molecule has 0 aliphatic carbocycles. The molecule has 0 saturated heterocycles. The average Bonchev–Trinajstić information content (AvgIpc) is 2.14. The third-order valence-electron chi connectivity index (χ3n) is 2.28. The maximum Gasteiger partial charge on any atom is 0.222 e. The van der Waals surface area contributed by atoms with Gasteiger partial charge in [-0.15, -0.1) is 0 Å². The summed E-state index contributed by atoms with van der Waals surface area (Å²) in [5.41, 5.74) is 5.58. The second-order valence-corrected chi connectivity index (χ2v) is 3.96. The number of nitrogen functional groups attached to an aromatic ring is 1. The van der Waals surface area contributed by atoms with Crippen molar-refractivity contribution in [3.8, 4) is 0 Å². The van der Waals surface area contributed by atoms with E-state index < -0.39 is 5.60 Å². The highest BCUT2D eigenvalue weighted by Crippen LogP contribution is 2.12. The zero-order chi connectivity index (χ0) is 11.5. The summed E-state index contributed by atoms with van der Waals surface area (Å²) in [7, 11) is 0. The molecule has 5 nitrogen and oxygen atoms in total. The molecule has 1 rings (SSSR count). The van der Waals surface area contributed by atoms with Crippen molar-refractivity contribution in [3.63, 3.8) is 0 Å². The predicted octanol–water partition coefficient (Wildman–Crippen LogP) is 0.940. The normalized spacial score (nSPS) is 14.7. The SMILES string of the molecule is CCC(C)(O)CNc1cc(C)nc(N)n1. The fourth-order valence-corrected chi connectivity index (χ4v) is 1.09. The predicted molar refractivity (Wildman–Crippen MR) is 60.6 cm³/mol. The van der Waals surface area contributed by atoms with Crippen LogP contribution in [0.25, 0.3) is 0 Å². The van der Waals surface area contributed by atoms with Crippen LogP contribution in [0.4, 0.5) is 11.8 Å². The first-order chi connectivity index (χ1) is 6.93. The molecule has 1 heterocycles. The Hall–Kier alpha value is -1.36. The van der Waals surface area contributed by atoms with Crippen LogP contribution >= 0.6 is 0 Å². The van der Waals surface area contributed by atoms with E-state index in [9.17, 15) is 5.11 Å². The van der Waals surface area contributed by atoms with E-state index in [4.69, 9.17) is 5.73 Å². The van der Waals surface area contributed by atoms with Crippen LogP contribution in [0.15, 0.2) is 6.07 Å². The molecule has 0 bridgehead atoms. The summed E-state index contributed by atoms with van der Waals surface area (Å²) in [6.07, 6.45) is 0.680. The van der Waals surface area contributed by atoms with Crippen LogP contribution in [-0.4, -0.2) is 27.2 Å². The summed E-state index contributed by atoms with van der Waals surface area (Å²) >= 11 is 0. The molecule has 0 aliphatic rings. The van der Waals surface area contributed by atoms with E-state index in [2.05, 4.69) is 15.3 Å². The number of rotatable bonds is 4. The fourth-order valence-electron chi connectivity index (χ4n) is 1.09. The molecule has 5 heteroatoms. The van der Waals surface area contributed by atoms with Gasteiger partial charge in [-0.2, -0.15) is 4.98 Å². The molecule has 1 unspecified atom stereocenters. The van der Waals surface area contributed by atoms with Gasteiger partial charge in [0.05, 0.1) is 5.60 Å². The van der Waals surface area contributed by atoms with Crippen LogP contribution in [0.1, 0.15) is 26.0 Å². The number of aryl methyl sites for hydroxylation is 1. The summed E-state index contributed by atoms with van der Waals surface area (Å²) < 4.78 is 0. The van der Waals surface area contributed by atoms with Crippen molar-refractivity contribution in [2.24, 2.45) is 0 Å². The highest BCUT2D eigenvalue weighted by Gasteiger charge is 2.17. The largest absolute Gasteiger partial charge is 0.388 e. The van der Waals surface area contributed by atoms with Crippen molar-refractivity contribution in [1.29, 1.82) is 0 Å². The lowest BCUT2D eigenvalue weighted by Gasteiger charge is -2.21. The van der Waals surface area contributed by atoms with E-state index in [0.717, 1.165) is 5.69 Å². The van der Waals surface area contributed by atoms with Crippen molar-refractivity contribution in [2.45, 2.75) is 32.8 Å². The zero-order valence-corrected chi connectivity index (χ0v) is 9.41. The maximum absolute atomic E-state index is 9.79. The van der Waals surface area contributed by atoms with Crippen molar-refractivity contribution in [1.82, 2.24) is 9.97 Å². The van der Waals surface area contributed by atoms with Gasteiger partial charge < -0.3 is 16.2 Å². The molecule has 0 saturated carbocycles. The van der Waals surface area contributed by atoms with Gasteiger partial charge in [0.1, 0.15) is 5.82 Å². The molecule has 4 N–H and O–H groups in total. The number of hydrogen-bond acceptors (Lipinski definition) is 5. The van der Waals surface area contributed by atoms with Crippen LogP contribution in [0, 0.1) is 6.92 Å². The van der Waals surface area contributed by atoms with Gasteiger partial charge in [-0.3, -0.25) is 0 Å². The Morgan fingerprint density at radius 3 is 2.73 bits per heavy atom. The number of nitrogens with zero attached hydrogens (tertiary/aromatic N) is 2. The number of nitrogens with two attached hydrogens (primary N) is 1. The van der Waals surface area contributed by atoms with Gasteiger partial charge >= 0.3 is 0 Å². The molecule has 0 fully saturated rings. The minimum Gasteiger partial charge on any atom is -0.388 e. The molecule has 0 radical (unpaired) electrons. The summed E-state index contributed by atoms with van der Waals surface area (Å²) in [5, 5.41) is 12.8. The van der Waals surface area contributed by atoms with Crippen molar-refractivity contribution in [2.75, 3.05) is 17.6 Å². The Morgan fingerprint density at radius 2 is 2.20 bits per heavy atom. The molecule has 1 aromatic heterocycles. The van der Waals surface area contributed by atoms with Gasteiger partial charge in [-0.1, -0.05) is 6.92 Å². The molecule has 0 amide bonds. The number of nitrogens with one attached hydrogen (secondary N) is 1. The van der Waals surface area contributed by atoms with Crippen LogP contribution in [0.3, 0.4) is 0 Å². The number of hydrogen-bond donors (Lipinski definition) is 3. The minimum atomic E-state index is -0.729. The van der Waals surface area contributed by atoms with Crippen LogP contribution in [-0.2, 0) is 0 Å². The second-order valence-electron chi connectivity index (χ2n) is 3.96. The van der Waals surface area contributed by atoms with Crippen LogP contribution in [0.2, 0.25) is 0 Å². The van der Waals surface area contributed by atoms with Gasteiger partial charge in [0.15, 0.2) is 0 Å². The molecule has 0 spiro atoms. The van der Waals surface area contributed by atoms with E-state index in [1.54, 1.807) is 13.0 Å². The lowest BCUT2D eigenvalue weighted by atomic mass is 10.0. The van der Waals surface area contributed by atoms with Gasteiger partial charge in [0.25, 0.3) is 0 Å². The van der Waals surface area contributed by atoms with E-state index >= 15 is 0 Å². The Morgan fingerprint density at radius 1 is 1.53 bits per heavy atom. The standard InChI is InChI=1S/C10H18N4O/c1-4-10(3,15)6-12-8-5-7(2)13-9(11)14-8/h5,15H,4,6H2,1-3H3,(H3,11,12,13,14). The summed E-state index contributed by atoms with van der Waals surface area (Å²) in [4.78, 5) is 7.98. The topological polar surface area (TPSA) is 84.1 Å². The number of aromatic nitrogens is 2. The molecule has 1 atom stereocenters. The van der Waals surface area contributed by atoms with Gasteiger partial charge in [0.2, 0.25) is 5.95 Å². The van der Waals surface area contributed by atoms with Gasteiger partial charge in [-0.05, 0) is 20.3 Å². The van der Waals surface area contributed by atoms with E-state index in [0.29, 0.717) is 18.8 Å². The molecule has 84 valence electrons. The molecule has 0 aliphatic heterocycles. The lowest BCUT2D eigenvalue weighted by molar-refractivity contribution is 0.0696. The Bertz CT molecular complexity index is 318. The molecule has 15 heavy (non-hydrogen) atoms.